The van der Waals surface area contributed by atoms with E-state index in [1.807, 2.05) is 6.92 Å². The molecule has 2 nitrogen and oxygen atoms in total. The van der Waals surface area contributed by atoms with Crippen LogP contribution >= 0.6 is 0 Å². The molecule has 2 fully saturated rings. The molecule has 1 atom stereocenters. The van der Waals surface area contributed by atoms with Gasteiger partial charge in [-0.25, -0.2) is 0 Å². The van der Waals surface area contributed by atoms with Crippen LogP contribution in [0.5, 0.6) is 0 Å². The second-order valence-electron chi connectivity index (χ2n) is 5.53. The van der Waals surface area contributed by atoms with Crippen LogP contribution in [0.2, 0.25) is 0 Å². The lowest BCUT2D eigenvalue weighted by Gasteiger charge is -2.34. The predicted octanol–water partition coefficient (Wildman–Crippen LogP) is 1.93. The van der Waals surface area contributed by atoms with E-state index in [1.165, 1.54) is 38.8 Å². The number of hydrogen-bond donors (Lipinski definition) is 2. The summed E-state index contributed by atoms with van der Waals surface area (Å²) in [6.07, 6.45) is 7.26. The van der Waals surface area contributed by atoms with Crippen LogP contribution in [0.1, 0.15) is 45.4 Å². The van der Waals surface area contributed by atoms with E-state index in [-0.39, 0.29) is 5.60 Å². The summed E-state index contributed by atoms with van der Waals surface area (Å²) in [5.41, 5.74) is -0.357. The van der Waals surface area contributed by atoms with Crippen molar-refractivity contribution < 1.29 is 5.11 Å². The Morgan fingerprint density at radius 2 is 1.93 bits per heavy atom. The smallest absolute Gasteiger partial charge is 0.0620 e. The van der Waals surface area contributed by atoms with E-state index in [1.54, 1.807) is 0 Å². The molecular weight excluding hydrogens is 174 g/mol. The number of nitrogens with one attached hydrogen (secondary N) is 1. The molecule has 0 amide bonds. The van der Waals surface area contributed by atoms with Gasteiger partial charge in [0.2, 0.25) is 0 Å². The van der Waals surface area contributed by atoms with Gasteiger partial charge in [-0.1, -0.05) is 0 Å². The normalized spacial score (nSPS) is 44.1. The van der Waals surface area contributed by atoms with Gasteiger partial charge in [0.1, 0.15) is 0 Å². The topological polar surface area (TPSA) is 32.3 Å². The molecule has 0 aromatic heterocycles. The van der Waals surface area contributed by atoms with Crippen molar-refractivity contribution in [2.75, 3.05) is 13.1 Å². The fourth-order valence-corrected chi connectivity index (χ4v) is 2.92. The van der Waals surface area contributed by atoms with Gasteiger partial charge in [-0.05, 0) is 70.4 Å². The molecule has 2 N–H and O–H groups in total. The summed E-state index contributed by atoms with van der Waals surface area (Å²) in [7, 11) is 0. The summed E-state index contributed by atoms with van der Waals surface area (Å²) in [5.74, 6) is 1.81. The van der Waals surface area contributed by atoms with Gasteiger partial charge in [0.05, 0.1) is 5.60 Å². The van der Waals surface area contributed by atoms with Gasteiger partial charge in [-0.15, -0.1) is 0 Å². The standard InChI is InChI=1S/C12H23NO/c1-12(14)5-2-10(3-6-12)8-11-4-7-13-9-11/h10-11,13-14H,2-9H2,1H3. The molecule has 0 bridgehead atoms. The molecule has 1 aliphatic heterocycles. The van der Waals surface area contributed by atoms with Crippen molar-refractivity contribution in [3.63, 3.8) is 0 Å². The molecule has 2 rings (SSSR count). The van der Waals surface area contributed by atoms with Gasteiger partial charge < -0.3 is 10.4 Å². The third-order valence-electron chi connectivity index (χ3n) is 4.01. The van der Waals surface area contributed by atoms with Crippen molar-refractivity contribution in [2.24, 2.45) is 11.8 Å². The fraction of sp³-hybridized carbons (Fsp3) is 1.00. The van der Waals surface area contributed by atoms with Crippen molar-refractivity contribution in [3.05, 3.63) is 0 Å². The highest BCUT2D eigenvalue weighted by Gasteiger charge is 2.30. The lowest BCUT2D eigenvalue weighted by atomic mass is 9.76. The van der Waals surface area contributed by atoms with E-state index < -0.39 is 0 Å². The zero-order valence-electron chi connectivity index (χ0n) is 9.26. The maximum atomic E-state index is 9.84. The van der Waals surface area contributed by atoms with E-state index >= 15 is 0 Å². The third-order valence-corrected chi connectivity index (χ3v) is 4.01. The molecule has 1 saturated carbocycles. The largest absolute Gasteiger partial charge is 0.390 e. The van der Waals surface area contributed by atoms with Crippen molar-refractivity contribution in [3.8, 4) is 0 Å². The number of aliphatic hydroxyl groups is 1. The quantitative estimate of drug-likeness (QED) is 0.709. The minimum atomic E-state index is -0.357. The van der Waals surface area contributed by atoms with Crippen LogP contribution in [0.3, 0.4) is 0 Å². The summed E-state index contributed by atoms with van der Waals surface area (Å²) in [5, 5.41) is 13.3. The Labute approximate surface area is 87.1 Å². The minimum absolute atomic E-state index is 0.357. The van der Waals surface area contributed by atoms with Gasteiger partial charge in [0, 0.05) is 0 Å². The molecule has 0 aromatic carbocycles. The van der Waals surface area contributed by atoms with E-state index in [0.29, 0.717) is 0 Å². The maximum absolute atomic E-state index is 9.84. The number of hydrogen-bond acceptors (Lipinski definition) is 2. The van der Waals surface area contributed by atoms with Crippen molar-refractivity contribution in [2.45, 2.75) is 51.0 Å². The molecule has 1 heterocycles. The Bertz CT molecular complexity index is 175. The van der Waals surface area contributed by atoms with Gasteiger partial charge >= 0.3 is 0 Å². The maximum Gasteiger partial charge on any atom is 0.0620 e. The minimum Gasteiger partial charge on any atom is -0.390 e. The molecule has 82 valence electrons. The monoisotopic (exact) mass is 197 g/mol. The lowest BCUT2D eigenvalue weighted by Crippen LogP contribution is -2.31. The Morgan fingerprint density at radius 1 is 1.21 bits per heavy atom. The molecule has 0 spiro atoms. The van der Waals surface area contributed by atoms with Crippen molar-refractivity contribution in [1.29, 1.82) is 0 Å². The first-order valence-electron chi connectivity index (χ1n) is 6.09. The lowest BCUT2D eigenvalue weighted by molar-refractivity contribution is 0.00509. The molecule has 1 aliphatic carbocycles. The molecule has 1 unspecified atom stereocenters. The summed E-state index contributed by atoms with van der Waals surface area (Å²) >= 11 is 0. The van der Waals surface area contributed by atoms with Crippen LogP contribution in [-0.2, 0) is 0 Å². The van der Waals surface area contributed by atoms with E-state index in [0.717, 1.165) is 24.7 Å². The Morgan fingerprint density at radius 3 is 2.50 bits per heavy atom. The van der Waals surface area contributed by atoms with E-state index in [4.69, 9.17) is 0 Å². The van der Waals surface area contributed by atoms with Gasteiger partial charge in [-0.2, -0.15) is 0 Å². The molecule has 2 aliphatic rings. The first-order chi connectivity index (χ1) is 6.66. The summed E-state index contributed by atoms with van der Waals surface area (Å²) in [6.45, 7) is 4.43. The molecule has 14 heavy (non-hydrogen) atoms. The third kappa shape index (κ3) is 2.71. The van der Waals surface area contributed by atoms with Crippen LogP contribution in [0.4, 0.5) is 0 Å². The first kappa shape index (κ1) is 10.4. The number of rotatable bonds is 2. The molecule has 2 heteroatoms. The summed E-state index contributed by atoms with van der Waals surface area (Å²) < 4.78 is 0. The Balaban J connectivity index is 1.72. The van der Waals surface area contributed by atoms with Crippen LogP contribution in [0.25, 0.3) is 0 Å². The highest BCUT2D eigenvalue weighted by Crippen LogP contribution is 2.35. The summed E-state index contributed by atoms with van der Waals surface area (Å²) in [4.78, 5) is 0. The van der Waals surface area contributed by atoms with Crippen LogP contribution in [-0.4, -0.2) is 23.8 Å². The average molecular weight is 197 g/mol. The molecule has 1 saturated heterocycles. The highest BCUT2D eigenvalue weighted by molar-refractivity contribution is 4.83. The fourth-order valence-electron chi connectivity index (χ4n) is 2.92. The van der Waals surface area contributed by atoms with Crippen LogP contribution in [0.15, 0.2) is 0 Å². The molecule has 0 aromatic rings. The Hall–Kier alpha value is -0.0800. The molecule has 0 radical (unpaired) electrons. The van der Waals surface area contributed by atoms with E-state index in [9.17, 15) is 5.11 Å². The average Bonchev–Trinajstić information content (AvgIpc) is 2.61. The predicted molar refractivity (Wildman–Crippen MR) is 58.2 cm³/mol. The van der Waals surface area contributed by atoms with Crippen molar-refractivity contribution >= 4 is 0 Å². The SMILES string of the molecule is CC1(O)CCC(CC2CCNC2)CC1. The van der Waals surface area contributed by atoms with E-state index in [2.05, 4.69) is 5.32 Å². The Kier molecular flexibility index (Phi) is 3.13. The molecular formula is C12H23NO. The van der Waals surface area contributed by atoms with Crippen LogP contribution in [0, 0.1) is 11.8 Å². The zero-order valence-corrected chi connectivity index (χ0v) is 9.26. The van der Waals surface area contributed by atoms with Gasteiger partial charge in [0.15, 0.2) is 0 Å². The van der Waals surface area contributed by atoms with Gasteiger partial charge in [0.25, 0.3) is 0 Å². The van der Waals surface area contributed by atoms with Crippen LogP contribution < -0.4 is 5.32 Å². The van der Waals surface area contributed by atoms with Gasteiger partial charge in [-0.3, -0.25) is 0 Å². The first-order valence-corrected chi connectivity index (χ1v) is 6.09. The highest BCUT2D eigenvalue weighted by atomic mass is 16.3. The second-order valence-corrected chi connectivity index (χ2v) is 5.53. The van der Waals surface area contributed by atoms with Crippen molar-refractivity contribution in [1.82, 2.24) is 5.32 Å². The second kappa shape index (κ2) is 4.19. The summed E-state index contributed by atoms with van der Waals surface area (Å²) in [6, 6.07) is 0. The zero-order chi connectivity index (χ0) is 10.0.